The van der Waals surface area contributed by atoms with Gasteiger partial charge in [-0.05, 0) is 88.5 Å². The summed E-state index contributed by atoms with van der Waals surface area (Å²) < 4.78 is 2.10. The number of aryl methyl sites for hydroxylation is 2. The Morgan fingerprint density at radius 1 is 1.10 bits per heavy atom. The summed E-state index contributed by atoms with van der Waals surface area (Å²) in [5.74, 6) is 1.87. The second kappa shape index (κ2) is 12.2. The van der Waals surface area contributed by atoms with Gasteiger partial charge in [-0.3, -0.25) is 4.79 Å². The zero-order chi connectivity index (χ0) is 27.5. The second-order valence-electron chi connectivity index (χ2n) is 11.7. The molecule has 0 spiro atoms. The topological polar surface area (TPSA) is 44.6 Å². The van der Waals surface area contributed by atoms with Crippen LogP contribution in [0.3, 0.4) is 0 Å². The van der Waals surface area contributed by atoms with Gasteiger partial charge in [0.15, 0.2) is 0 Å². The van der Waals surface area contributed by atoms with Crippen molar-refractivity contribution in [3.05, 3.63) is 70.2 Å². The third-order valence-corrected chi connectivity index (χ3v) is 8.97. The number of likely N-dealkylation sites (tertiary alicyclic amines) is 1. The van der Waals surface area contributed by atoms with Gasteiger partial charge in [-0.1, -0.05) is 37.6 Å². The number of fused-ring (bicyclic) bond motifs is 5. The van der Waals surface area contributed by atoms with Gasteiger partial charge in [-0.15, -0.1) is 0 Å². The van der Waals surface area contributed by atoms with Crippen molar-refractivity contribution >= 4 is 23.3 Å². The number of nitrogens with zero attached hydrogens (tertiary/aromatic N) is 5. The molecule has 5 rings (SSSR count). The molecule has 0 radical (unpaired) electrons. The average Bonchev–Trinajstić information content (AvgIpc) is 3.54. The summed E-state index contributed by atoms with van der Waals surface area (Å²) in [5.41, 5.74) is 4.98. The molecule has 3 aliphatic rings. The summed E-state index contributed by atoms with van der Waals surface area (Å²) in [6.07, 6.45) is 10.6. The number of hydrogen-bond donors (Lipinski definition) is 0. The fourth-order valence-electron chi connectivity index (χ4n) is 6.45. The fraction of sp³-hybridized carbons (Fsp3) is 0.562. The maximum absolute atomic E-state index is 14.0. The van der Waals surface area contributed by atoms with Crippen LogP contribution in [0.1, 0.15) is 92.1 Å². The molecule has 39 heavy (non-hydrogen) atoms. The van der Waals surface area contributed by atoms with E-state index in [9.17, 15) is 4.79 Å². The lowest BCUT2D eigenvalue weighted by molar-refractivity contribution is 0.0604. The highest BCUT2D eigenvalue weighted by Crippen LogP contribution is 2.34. The monoisotopic (exact) mass is 549 g/mol. The van der Waals surface area contributed by atoms with Gasteiger partial charge in [-0.25, -0.2) is 4.68 Å². The van der Waals surface area contributed by atoms with Gasteiger partial charge in [0, 0.05) is 60.8 Å². The molecule has 0 saturated carbocycles. The minimum Gasteiger partial charge on any atom is -0.372 e. The highest BCUT2D eigenvalue weighted by atomic mass is 35.5. The molecule has 2 fully saturated rings. The molecule has 0 aliphatic carbocycles. The normalized spacial score (nSPS) is 23.8. The number of halogens is 1. The first kappa shape index (κ1) is 27.8. The molecule has 210 valence electrons. The third kappa shape index (κ3) is 6.06. The molecule has 2 aromatic rings. The second-order valence-corrected chi connectivity index (χ2v) is 12.1. The van der Waals surface area contributed by atoms with Gasteiger partial charge in [0.05, 0.1) is 11.7 Å². The van der Waals surface area contributed by atoms with E-state index in [1.54, 1.807) is 0 Å². The minimum atomic E-state index is -0.0397. The standard InChI is InChI=1S/C32H44ClN5O/c1-5-35-16-9-6-7-11-26-13-14-27(33)21-28(26)32(39)37-17-10-8-12-30(37)29-19-25(4)38(34-29)31(35)20-24(3)36-18-15-23(2)22-36/h13-14,19-21,23,30H,3,5-12,15-18,22H2,1-2,4H3/b31-20-. The number of piperidine rings is 1. The van der Waals surface area contributed by atoms with Crippen LogP contribution in [0.15, 0.2) is 42.6 Å². The molecule has 1 amide bonds. The Bertz CT molecular complexity index is 1230. The molecule has 2 saturated heterocycles. The molecule has 2 atom stereocenters. The predicted molar refractivity (Wildman–Crippen MR) is 160 cm³/mol. The van der Waals surface area contributed by atoms with Crippen LogP contribution in [0.5, 0.6) is 0 Å². The molecule has 6 nitrogen and oxygen atoms in total. The van der Waals surface area contributed by atoms with E-state index in [0.29, 0.717) is 10.9 Å². The van der Waals surface area contributed by atoms with Crippen LogP contribution in [0, 0.1) is 12.8 Å². The van der Waals surface area contributed by atoms with E-state index in [-0.39, 0.29) is 11.9 Å². The number of carbonyl (C=O) groups excluding carboxylic acids is 1. The number of hydrogen-bond acceptors (Lipinski definition) is 4. The van der Waals surface area contributed by atoms with Gasteiger partial charge < -0.3 is 14.7 Å². The number of benzene rings is 1. The van der Waals surface area contributed by atoms with Crippen LogP contribution in [0.2, 0.25) is 5.02 Å². The molecule has 1 aromatic carbocycles. The van der Waals surface area contributed by atoms with E-state index in [1.165, 1.54) is 6.42 Å². The van der Waals surface area contributed by atoms with Crippen molar-refractivity contribution in [2.75, 3.05) is 32.7 Å². The van der Waals surface area contributed by atoms with Crippen molar-refractivity contribution in [1.29, 1.82) is 0 Å². The average molecular weight is 550 g/mol. The Morgan fingerprint density at radius 2 is 1.92 bits per heavy atom. The largest absolute Gasteiger partial charge is 0.372 e. The highest BCUT2D eigenvalue weighted by molar-refractivity contribution is 6.31. The smallest absolute Gasteiger partial charge is 0.254 e. The molecular formula is C32H44ClN5O. The van der Waals surface area contributed by atoms with Crippen LogP contribution in [-0.2, 0) is 6.42 Å². The van der Waals surface area contributed by atoms with E-state index in [1.807, 2.05) is 12.1 Å². The predicted octanol–water partition coefficient (Wildman–Crippen LogP) is 6.91. The van der Waals surface area contributed by atoms with Crippen molar-refractivity contribution in [2.24, 2.45) is 5.92 Å². The summed E-state index contributed by atoms with van der Waals surface area (Å²) in [6, 6.07) is 7.99. The lowest BCUT2D eigenvalue weighted by Crippen LogP contribution is -2.39. The summed E-state index contributed by atoms with van der Waals surface area (Å²) in [6.45, 7) is 15.9. The van der Waals surface area contributed by atoms with E-state index in [2.05, 4.69) is 64.9 Å². The molecule has 1 aromatic heterocycles. The maximum Gasteiger partial charge on any atom is 0.254 e. The van der Waals surface area contributed by atoms with Gasteiger partial charge in [-0.2, -0.15) is 5.10 Å². The Labute approximate surface area is 239 Å². The summed E-state index contributed by atoms with van der Waals surface area (Å²) in [5, 5.41) is 5.83. The van der Waals surface area contributed by atoms with Gasteiger partial charge in [0.1, 0.15) is 5.82 Å². The van der Waals surface area contributed by atoms with E-state index in [0.717, 1.165) is 112 Å². The van der Waals surface area contributed by atoms with E-state index in [4.69, 9.17) is 16.7 Å². The van der Waals surface area contributed by atoms with Crippen molar-refractivity contribution in [1.82, 2.24) is 24.5 Å². The minimum absolute atomic E-state index is 0.0397. The first-order chi connectivity index (χ1) is 18.9. The SMILES string of the molecule is C=C(/C=C1/N(CC)CCCCCc2ccc(Cl)cc2C(=O)N2CCCCC2c2cc(C)n1n2)N1CCC(C)C1. The van der Waals surface area contributed by atoms with E-state index >= 15 is 0 Å². The van der Waals surface area contributed by atoms with Crippen molar-refractivity contribution in [3.63, 3.8) is 0 Å². The quantitative estimate of drug-likeness (QED) is 0.417. The van der Waals surface area contributed by atoms with Crippen LogP contribution in [-0.4, -0.2) is 63.1 Å². The Morgan fingerprint density at radius 3 is 2.69 bits per heavy atom. The molecular weight excluding hydrogens is 506 g/mol. The first-order valence-electron chi connectivity index (χ1n) is 14.9. The maximum atomic E-state index is 14.0. The zero-order valence-corrected chi connectivity index (χ0v) is 24.7. The number of amides is 1. The van der Waals surface area contributed by atoms with Crippen LogP contribution >= 0.6 is 11.6 Å². The van der Waals surface area contributed by atoms with Crippen molar-refractivity contribution < 1.29 is 4.79 Å². The molecule has 0 N–H and O–H groups in total. The summed E-state index contributed by atoms with van der Waals surface area (Å²) in [7, 11) is 0. The highest BCUT2D eigenvalue weighted by Gasteiger charge is 2.32. The lowest BCUT2D eigenvalue weighted by Gasteiger charge is -2.35. The fourth-order valence-corrected chi connectivity index (χ4v) is 6.62. The number of carbonyl (C=O) groups is 1. The van der Waals surface area contributed by atoms with Gasteiger partial charge in [0.25, 0.3) is 5.91 Å². The van der Waals surface area contributed by atoms with Crippen molar-refractivity contribution in [3.8, 4) is 0 Å². The number of rotatable bonds is 3. The van der Waals surface area contributed by atoms with Crippen LogP contribution in [0.25, 0.3) is 5.82 Å². The summed E-state index contributed by atoms with van der Waals surface area (Å²) >= 11 is 6.41. The Kier molecular flexibility index (Phi) is 8.70. The van der Waals surface area contributed by atoms with E-state index < -0.39 is 0 Å². The Hall–Kier alpha value is -2.73. The number of aromatic nitrogens is 2. The van der Waals surface area contributed by atoms with Gasteiger partial charge in [0.2, 0.25) is 0 Å². The lowest BCUT2D eigenvalue weighted by atomic mass is 9.95. The van der Waals surface area contributed by atoms with Crippen molar-refractivity contribution in [2.45, 2.75) is 78.2 Å². The molecule has 7 heteroatoms. The molecule has 2 unspecified atom stereocenters. The van der Waals surface area contributed by atoms with Crippen LogP contribution in [0.4, 0.5) is 0 Å². The zero-order valence-electron chi connectivity index (χ0n) is 24.0. The number of allylic oxidation sites excluding steroid dienone is 1. The molecule has 2 bridgehead atoms. The molecule has 4 heterocycles. The first-order valence-corrected chi connectivity index (χ1v) is 15.3. The third-order valence-electron chi connectivity index (χ3n) is 8.74. The Balaban J connectivity index is 1.56. The summed E-state index contributed by atoms with van der Waals surface area (Å²) in [4.78, 5) is 20.9. The van der Waals surface area contributed by atoms with Crippen LogP contribution < -0.4 is 0 Å². The van der Waals surface area contributed by atoms with Gasteiger partial charge >= 0.3 is 0 Å². The molecule has 3 aliphatic heterocycles.